The van der Waals surface area contributed by atoms with Gasteiger partial charge < -0.3 is 4.74 Å². The Labute approximate surface area is 102 Å². The Kier molecular flexibility index (Phi) is 4.69. The number of methoxy groups -OCH3 is 1. The van der Waals surface area contributed by atoms with E-state index in [0.717, 1.165) is 12.1 Å². The van der Waals surface area contributed by atoms with Gasteiger partial charge in [0, 0.05) is 6.42 Å². The number of benzene rings is 1. The Balaban J connectivity index is 2.66. The van der Waals surface area contributed by atoms with Crippen molar-refractivity contribution >= 4 is 5.97 Å². The monoisotopic (exact) mass is 264 g/mol. The van der Waals surface area contributed by atoms with Crippen molar-refractivity contribution in [1.82, 2.24) is 0 Å². The highest BCUT2D eigenvalue weighted by atomic mass is 19.4. The van der Waals surface area contributed by atoms with E-state index in [0.29, 0.717) is 12.5 Å². The summed E-state index contributed by atoms with van der Waals surface area (Å²) in [5.74, 6) is -1.34. The zero-order valence-electron chi connectivity index (χ0n) is 9.68. The number of carbonyl (C=O) groups is 1. The van der Waals surface area contributed by atoms with Crippen molar-refractivity contribution in [2.45, 2.75) is 25.4 Å². The molecule has 0 saturated heterocycles. The van der Waals surface area contributed by atoms with E-state index in [1.54, 1.807) is 0 Å². The van der Waals surface area contributed by atoms with Gasteiger partial charge in [0.1, 0.15) is 5.82 Å². The molecule has 0 N–H and O–H groups in total. The Morgan fingerprint density at radius 2 is 2.00 bits per heavy atom. The summed E-state index contributed by atoms with van der Waals surface area (Å²) >= 11 is 0. The van der Waals surface area contributed by atoms with E-state index in [9.17, 15) is 22.4 Å². The van der Waals surface area contributed by atoms with Gasteiger partial charge in [-0.25, -0.2) is 4.39 Å². The molecule has 0 spiro atoms. The Morgan fingerprint density at radius 1 is 1.33 bits per heavy atom. The first-order valence-electron chi connectivity index (χ1n) is 5.27. The van der Waals surface area contributed by atoms with Gasteiger partial charge in [-0.15, -0.1) is 0 Å². The molecule has 1 aromatic rings. The lowest BCUT2D eigenvalue weighted by atomic mass is 10.0. The normalized spacial score (nSPS) is 11.4. The van der Waals surface area contributed by atoms with Crippen molar-refractivity contribution < 1.29 is 27.1 Å². The second-order valence-corrected chi connectivity index (χ2v) is 3.73. The summed E-state index contributed by atoms with van der Waals surface area (Å²) in [6, 6.07) is 2.39. The number of ether oxygens (including phenoxy) is 1. The lowest BCUT2D eigenvalue weighted by Gasteiger charge is -2.08. The lowest BCUT2D eigenvalue weighted by Crippen LogP contribution is -2.06. The van der Waals surface area contributed by atoms with Gasteiger partial charge in [-0.1, -0.05) is 6.07 Å². The van der Waals surface area contributed by atoms with Crippen LogP contribution in [0.1, 0.15) is 24.0 Å². The minimum atomic E-state index is -4.55. The summed E-state index contributed by atoms with van der Waals surface area (Å²) in [5, 5.41) is 0. The van der Waals surface area contributed by atoms with Gasteiger partial charge in [0.15, 0.2) is 0 Å². The van der Waals surface area contributed by atoms with Crippen LogP contribution in [0.5, 0.6) is 0 Å². The number of carbonyl (C=O) groups excluding carboxylic acids is 1. The maximum Gasteiger partial charge on any atom is 0.416 e. The smallest absolute Gasteiger partial charge is 0.416 e. The average molecular weight is 264 g/mol. The fourth-order valence-electron chi connectivity index (χ4n) is 1.45. The van der Waals surface area contributed by atoms with Gasteiger partial charge in [-0.05, 0) is 30.5 Å². The second-order valence-electron chi connectivity index (χ2n) is 3.73. The van der Waals surface area contributed by atoms with Crippen molar-refractivity contribution in [3.8, 4) is 0 Å². The van der Waals surface area contributed by atoms with Crippen molar-refractivity contribution in [2.24, 2.45) is 0 Å². The molecule has 0 aliphatic heterocycles. The summed E-state index contributed by atoms with van der Waals surface area (Å²) in [6.07, 6.45) is -3.92. The molecule has 100 valence electrons. The molecule has 2 nitrogen and oxygen atoms in total. The lowest BCUT2D eigenvalue weighted by molar-refractivity contribution is -0.140. The molecule has 0 atom stereocenters. The second kappa shape index (κ2) is 5.84. The van der Waals surface area contributed by atoms with Crippen LogP contribution >= 0.6 is 0 Å². The molecular formula is C12H12F4O2. The van der Waals surface area contributed by atoms with Crippen LogP contribution in [0.3, 0.4) is 0 Å². The third-order valence-electron chi connectivity index (χ3n) is 2.44. The van der Waals surface area contributed by atoms with Crippen LogP contribution in [0.15, 0.2) is 18.2 Å². The number of hydrogen-bond donors (Lipinski definition) is 0. The zero-order valence-corrected chi connectivity index (χ0v) is 9.68. The highest BCUT2D eigenvalue weighted by Crippen LogP contribution is 2.30. The number of hydrogen-bond acceptors (Lipinski definition) is 2. The quantitative estimate of drug-likeness (QED) is 0.616. The topological polar surface area (TPSA) is 26.3 Å². The van der Waals surface area contributed by atoms with Crippen LogP contribution in [0.25, 0.3) is 0 Å². The first-order valence-corrected chi connectivity index (χ1v) is 5.27. The van der Waals surface area contributed by atoms with Gasteiger partial charge in [0.05, 0.1) is 12.7 Å². The molecule has 0 amide bonds. The average Bonchev–Trinajstić information content (AvgIpc) is 2.29. The summed E-state index contributed by atoms with van der Waals surface area (Å²) < 4.78 is 54.6. The first-order chi connectivity index (χ1) is 8.34. The summed E-state index contributed by atoms with van der Waals surface area (Å²) in [4.78, 5) is 10.8. The van der Waals surface area contributed by atoms with E-state index in [2.05, 4.69) is 4.74 Å². The van der Waals surface area contributed by atoms with Gasteiger partial charge in [-0.3, -0.25) is 4.79 Å². The zero-order chi connectivity index (χ0) is 13.8. The van der Waals surface area contributed by atoms with E-state index in [1.807, 2.05) is 0 Å². The van der Waals surface area contributed by atoms with Crippen molar-refractivity contribution in [2.75, 3.05) is 7.11 Å². The van der Waals surface area contributed by atoms with Crippen LogP contribution in [0, 0.1) is 5.82 Å². The largest absolute Gasteiger partial charge is 0.469 e. The van der Waals surface area contributed by atoms with E-state index in [-0.39, 0.29) is 18.4 Å². The molecule has 0 aliphatic carbocycles. The number of alkyl halides is 3. The molecule has 1 aromatic carbocycles. The molecule has 0 heterocycles. The van der Waals surface area contributed by atoms with Gasteiger partial charge in [0.25, 0.3) is 0 Å². The molecular weight excluding hydrogens is 252 g/mol. The van der Waals surface area contributed by atoms with E-state index in [1.165, 1.54) is 7.11 Å². The van der Waals surface area contributed by atoms with Crippen LogP contribution in [0.4, 0.5) is 17.6 Å². The maximum atomic E-state index is 13.4. The van der Waals surface area contributed by atoms with E-state index in [4.69, 9.17) is 0 Å². The maximum absolute atomic E-state index is 13.4. The molecule has 18 heavy (non-hydrogen) atoms. The van der Waals surface area contributed by atoms with Gasteiger partial charge in [-0.2, -0.15) is 13.2 Å². The fourth-order valence-corrected chi connectivity index (χ4v) is 1.45. The van der Waals surface area contributed by atoms with Crippen molar-refractivity contribution in [1.29, 1.82) is 0 Å². The van der Waals surface area contributed by atoms with E-state index >= 15 is 0 Å². The molecule has 0 aromatic heterocycles. The standard InChI is InChI=1S/C12H12F4O2/c1-18-11(17)4-2-3-8-5-6-9(7-10(8)13)12(14,15)16/h5-7H,2-4H2,1H3. The highest BCUT2D eigenvalue weighted by molar-refractivity contribution is 5.69. The molecule has 0 unspecified atom stereocenters. The number of rotatable bonds is 4. The van der Waals surface area contributed by atoms with Crippen LogP contribution in [0.2, 0.25) is 0 Å². The molecule has 0 bridgehead atoms. The minimum Gasteiger partial charge on any atom is -0.469 e. The minimum absolute atomic E-state index is 0.108. The third kappa shape index (κ3) is 4.01. The predicted octanol–water partition coefficient (Wildman–Crippen LogP) is 3.34. The van der Waals surface area contributed by atoms with Gasteiger partial charge >= 0.3 is 12.1 Å². The number of halogens is 4. The number of aryl methyl sites for hydroxylation is 1. The molecule has 0 radical (unpaired) electrons. The van der Waals surface area contributed by atoms with E-state index < -0.39 is 23.5 Å². The van der Waals surface area contributed by atoms with Crippen molar-refractivity contribution in [3.63, 3.8) is 0 Å². The van der Waals surface area contributed by atoms with Crippen LogP contribution in [-0.2, 0) is 22.1 Å². The molecule has 0 saturated carbocycles. The van der Waals surface area contributed by atoms with Gasteiger partial charge in [0.2, 0.25) is 0 Å². The molecule has 0 aliphatic rings. The van der Waals surface area contributed by atoms with Crippen molar-refractivity contribution in [3.05, 3.63) is 35.1 Å². The molecule has 1 rings (SSSR count). The Hall–Kier alpha value is -1.59. The molecule has 0 fully saturated rings. The summed E-state index contributed by atoms with van der Waals surface area (Å²) in [7, 11) is 1.24. The predicted molar refractivity (Wildman–Crippen MR) is 56.4 cm³/mol. The first kappa shape index (κ1) is 14.5. The number of esters is 1. The Morgan fingerprint density at radius 3 is 2.50 bits per heavy atom. The summed E-state index contributed by atoms with van der Waals surface area (Å²) in [5.41, 5.74) is -0.858. The SMILES string of the molecule is COC(=O)CCCc1ccc(C(F)(F)F)cc1F. The molecule has 6 heteroatoms. The van der Waals surface area contributed by atoms with Crippen LogP contribution in [-0.4, -0.2) is 13.1 Å². The Bertz CT molecular complexity index is 427. The third-order valence-corrected chi connectivity index (χ3v) is 2.44. The van der Waals surface area contributed by atoms with Crippen LogP contribution < -0.4 is 0 Å². The highest BCUT2D eigenvalue weighted by Gasteiger charge is 2.31. The summed E-state index contributed by atoms with van der Waals surface area (Å²) in [6.45, 7) is 0. The fraction of sp³-hybridized carbons (Fsp3) is 0.417.